The van der Waals surface area contributed by atoms with Crippen LogP contribution in [0.3, 0.4) is 0 Å². The first-order chi connectivity index (χ1) is 7.00. The number of anilines is 2. The fourth-order valence-corrected chi connectivity index (χ4v) is 2.31. The van der Waals surface area contributed by atoms with Crippen LogP contribution in [-0.2, 0) is 4.79 Å². The monoisotopic (exact) mass is 332 g/mol. The first kappa shape index (κ1) is 11.0. The van der Waals surface area contributed by atoms with Crippen LogP contribution in [-0.4, -0.2) is 19.0 Å². The van der Waals surface area contributed by atoms with Crippen molar-refractivity contribution in [1.82, 2.24) is 0 Å². The van der Waals surface area contributed by atoms with Gasteiger partial charge in [0.1, 0.15) is 6.04 Å². The summed E-state index contributed by atoms with van der Waals surface area (Å²) in [5.74, 6) is 0.0803. The quantitative estimate of drug-likeness (QED) is 0.791. The van der Waals surface area contributed by atoms with E-state index in [0.717, 1.165) is 20.3 Å². The molecule has 15 heavy (non-hydrogen) atoms. The molecule has 1 unspecified atom stereocenters. The predicted molar refractivity (Wildman–Crippen MR) is 68.3 cm³/mol. The number of hydrogen-bond acceptors (Lipinski definition) is 2. The van der Waals surface area contributed by atoms with Crippen LogP contribution < -0.4 is 10.2 Å². The zero-order chi connectivity index (χ0) is 11.2. The lowest BCUT2D eigenvalue weighted by molar-refractivity contribution is -0.118. The van der Waals surface area contributed by atoms with E-state index in [1.165, 1.54) is 0 Å². The number of benzene rings is 1. The van der Waals surface area contributed by atoms with Gasteiger partial charge in [0, 0.05) is 16.0 Å². The predicted octanol–water partition coefficient (Wildman–Crippen LogP) is 2.99. The second-order valence-electron chi connectivity index (χ2n) is 3.55. The highest BCUT2D eigenvalue weighted by molar-refractivity contribution is 9.13. The normalized spacial score (nSPS) is 19.9. The fraction of sp³-hybridized carbons (Fsp3) is 0.300. The maximum atomic E-state index is 11.7. The van der Waals surface area contributed by atoms with Gasteiger partial charge in [-0.3, -0.25) is 4.79 Å². The fourth-order valence-electron chi connectivity index (χ4n) is 1.63. The zero-order valence-corrected chi connectivity index (χ0v) is 11.5. The number of likely N-dealkylation sites (N-methyl/N-ethyl adjacent to an activating group) is 1. The lowest BCUT2D eigenvalue weighted by Gasteiger charge is -2.31. The Hall–Kier alpha value is -0.550. The van der Waals surface area contributed by atoms with Crippen LogP contribution in [0.25, 0.3) is 0 Å². The molecule has 1 aromatic rings. The minimum absolute atomic E-state index is 0.0803. The summed E-state index contributed by atoms with van der Waals surface area (Å²) in [6.45, 7) is 1.86. The topological polar surface area (TPSA) is 32.3 Å². The summed E-state index contributed by atoms with van der Waals surface area (Å²) >= 11 is 6.86. The third kappa shape index (κ3) is 1.78. The van der Waals surface area contributed by atoms with E-state index in [0.29, 0.717) is 0 Å². The minimum atomic E-state index is -0.171. The molecule has 0 spiro atoms. The van der Waals surface area contributed by atoms with Crippen molar-refractivity contribution in [3.63, 3.8) is 0 Å². The Kier molecular flexibility index (Phi) is 2.77. The molecule has 0 saturated carbocycles. The number of amides is 1. The van der Waals surface area contributed by atoms with Gasteiger partial charge < -0.3 is 10.2 Å². The van der Waals surface area contributed by atoms with Crippen molar-refractivity contribution >= 4 is 49.1 Å². The molecule has 80 valence electrons. The van der Waals surface area contributed by atoms with Crippen LogP contribution in [0.1, 0.15) is 6.92 Å². The summed E-state index contributed by atoms with van der Waals surface area (Å²) in [7, 11) is 1.79. The molecule has 0 radical (unpaired) electrons. The molecule has 1 aromatic carbocycles. The zero-order valence-electron chi connectivity index (χ0n) is 8.34. The lowest BCUT2D eigenvalue weighted by atomic mass is 10.1. The van der Waals surface area contributed by atoms with Crippen LogP contribution in [0.15, 0.2) is 21.1 Å². The molecule has 0 aromatic heterocycles. The summed E-state index contributed by atoms with van der Waals surface area (Å²) in [4.78, 5) is 13.4. The van der Waals surface area contributed by atoms with E-state index < -0.39 is 0 Å². The van der Waals surface area contributed by atoms with E-state index in [2.05, 4.69) is 37.2 Å². The summed E-state index contributed by atoms with van der Waals surface area (Å²) < 4.78 is 1.92. The molecule has 5 heteroatoms. The minimum Gasteiger partial charge on any atom is -0.372 e. The molecule has 1 aliphatic rings. The van der Waals surface area contributed by atoms with Gasteiger partial charge >= 0.3 is 0 Å². The summed E-state index contributed by atoms with van der Waals surface area (Å²) in [5, 5.41) is 3.17. The molecule has 0 fully saturated rings. The highest BCUT2D eigenvalue weighted by Crippen LogP contribution is 2.37. The van der Waals surface area contributed by atoms with Gasteiger partial charge in [0.25, 0.3) is 0 Å². The molecule has 0 bridgehead atoms. The van der Waals surface area contributed by atoms with Crippen LogP contribution in [0.5, 0.6) is 0 Å². The molecule has 1 amide bonds. The molecule has 2 rings (SSSR count). The van der Waals surface area contributed by atoms with Crippen molar-refractivity contribution in [2.24, 2.45) is 0 Å². The van der Waals surface area contributed by atoms with Gasteiger partial charge in [-0.2, -0.15) is 0 Å². The van der Waals surface area contributed by atoms with Gasteiger partial charge in [-0.05, 0) is 50.9 Å². The SMILES string of the molecule is CC1Nc2cc(Br)c(Br)cc2N(C)C1=O. The highest BCUT2D eigenvalue weighted by atomic mass is 79.9. The van der Waals surface area contributed by atoms with Crippen LogP contribution in [0, 0.1) is 0 Å². The average molecular weight is 334 g/mol. The van der Waals surface area contributed by atoms with Crippen molar-refractivity contribution in [1.29, 1.82) is 0 Å². The van der Waals surface area contributed by atoms with E-state index in [9.17, 15) is 4.79 Å². The first-order valence-corrected chi connectivity index (χ1v) is 6.12. The van der Waals surface area contributed by atoms with Crippen molar-refractivity contribution in [3.05, 3.63) is 21.1 Å². The van der Waals surface area contributed by atoms with E-state index >= 15 is 0 Å². The van der Waals surface area contributed by atoms with Gasteiger partial charge in [-0.25, -0.2) is 0 Å². The molecular weight excluding hydrogens is 324 g/mol. The summed E-state index contributed by atoms with van der Waals surface area (Å²) in [5.41, 5.74) is 1.87. The summed E-state index contributed by atoms with van der Waals surface area (Å²) in [6.07, 6.45) is 0. The number of hydrogen-bond donors (Lipinski definition) is 1. The molecule has 1 N–H and O–H groups in total. The van der Waals surface area contributed by atoms with Crippen molar-refractivity contribution in [2.75, 3.05) is 17.3 Å². The van der Waals surface area contributed by atoms with Gasteiger partial charge in [-0.1, -0.05) is 0 Å². The Morgan fingerprint density at radius 3 is 2.60 bits per heavy atom. The summed E-state index contributed by atoms with van der Waals surface area (Å²) in [6, 6.07) is 3.73. The second kappa shape index (κ2) is 3.79. The van der Waals surface area contributed by atoms with Crippen LogP contribution in [0.4, 0.5) is 11.4 Å². The van der Waals surface area contributed by atoms with Crippen LogP contribution >= 0.6 is 31.9 Å². The Balaban J connectivity index is 2.56. The van der Waals surface area contributed by atoms with Crippen molar-refractivity contribution in [3.8, 4) is 0 Å². The molecule has 0 saturated heterocycles. The molecular formula is C10H10Br2N2O. The third-order valence-corrected chi connectivity index (χ3v) is 4.32. The standard InChI is InChI=1S/C10H10Br2N2O/c1-5-10(15)14(2)9-4-7(12)6(11)3-8(9)13-5/h3-5,13H,1-2H3. The largest absolute Gasteiger partial charge is 0.372 e. The van der Waals surface area contributed by atoms with Gasteiger partial charge in [-0.15, -0.1) is 0 Å². The Morgan fingerprint density at radius 1 is 1.33 bits per heavy atom. The van der Waals surface area contributed by atoms with Gasteiger partial charge in [0.15, 0.2) is 0 Å². The average Bonchev–Trinajstić information content (AvgIpc) is 2.19. The van der Waals surface area contributed by atoms with E-state index in [-0.39, 0.29) is 11.9 Å². The van der Waals surface area contributed by atoms with Crippen LogP contribution in [0.2, 0.25) is 0 Å². The number of carbonyl (C=O) groups excluding carboxylic acids is 1. The van der Waals surface area contributed by atoms with E-state index in [4.69, 9.17) is 0 Å². The lowest BCUT2D eigenvalue weighted by Crippen LogP contribution is -2.43. The number of halogens is 2. The van der Waals surface area contributed by atoms with Gasteiger partial charge in [0.2, 0.25) is 5.91 Å². The molecule has 1 atom stereocenters. The first-order valence-electron chi connectivity index (χ1n) is 4.54. The molecule has 3 nitrogen and oxygen atoms in total. The highest BCUT2D eigenvalue weighted by Gasteiger charge is 2.27. The molecule has 1 aliphatic heterocycles. The Bertz CT molecular complexity index is 434. The van der Waals surface area contributed by atoms with Crippen molar-refractivity contribution < 1.29 is 4.79 Å². The number of rotatable bonds is 0. The maximum absolute atomic E-state index is 11.7. The van der Waals surface area contributed by atoms with Gasteiger partial charge in [0.05, 0.1) is 11.4 Å². The Morgan fingerprint density at radius 2 is 1.93 bits per heavy atom. The number of nitrogens with one attached hydrogen (secondary N) is 1. The maximum Gasteiger partial charge on any atom is 0.248 e. The van der Waals surface area contributed by atoms with E-state index in [1.807, 2.05) is 19.1 Å². The van der Waals surface area contributed by atoms with E-state index in [1.54, 1.807) is 11.9 Å². The Labute approximate surface area is 105 Å². The van der Waals surface area contributed by atoms with Crippen molar-refractivity contribution in [2.45, 2.75) is 13.0 Å². The second-order valence-corrected chi connectivity index (χ2v) is 5.26. The number of nitrogens with zero attached hydrogens (tertiary/aromatic N) is 1. The molecule has 0 aliphatic carbocycles. The number of carbonyl (C=O) groups is 1. The molecule has 1 heterocycles. The number of fused-ring (bicyclic) bond motifs is 1. The smallest absolute Gasteiger partial charge is 0.248 e. The third-order valence-electron chi connectivity index (χ3n) is 2.47.